The molecule has 1 nitrogen and oxygen atoms in total. The molecule has 0 radical (unpaired) electrons. The van der Waals surface area contributed by atoms with Crippen LogP contribution in [-0.2, 0) is 6.18 Å². The van der Waals surface area contributed by atoms with E-state index in [1.54, 1.807) is 0 Å². The van der Waals surface area contributed by atoms with Crippen molar-refractivity contribution in [3.63, 3.8) is 0 Å². The summed E-state index contributed by atoms with van der Waals surface area (Å²) in [5, 5.41) is 3.07. The van der Waals surface area contributed by atoms with E-state index < -0.39 is 23.6 Å². The first-order valence-electron chi connectivity index (χ1n) is 7.01. The van der Waals surface area contributed by atoms with Crippen molar-refractivity contribution in [2.24, 2.45) is 5.92 Å². The second kappa shape index (κ2) is 6.12. The summed E-state index contributed by atoms with van der Waals surface area (Å²) in [6, 6.07) is 2.31. The van der Waals surface area contributed by atoms with Gasteiger partial charge in [-0.2, -0.15) is 13.2 Å². The lowest BCUT2D eigenvalue weighted by Gasteiger charge is -2.31. The molecule has 112 valence electrons. The molecule has 0 amide bonds. The number of rotatable bonds is 5. The minimum absolute atomic E-state index is 0.0336. The highest BCUT2D eigenvalue weighted by Crippen LogP contribution is 2.39. The molecule has 1 unspecified atom stereocenters. The van der Waals surface area contributed by atoms with E-state index in [1.165, 1.54) is 0 Å². The molecule has 1 aromatic carbocycles. The lowest BCUT2D eigenvalue weighted by molar-refractivity contribution is -0.138. The van der Waals surface area contributed by atoms with Crippen molar-refractivity contribution in [2.75, 3.05) is 6.54 Å². The average molecular weight is 289 g/mol. The van der Waals surface area contributed by atoms with Crippen LogP contribution >= 0.6 is 0 Å². The Hall–Kier alpha value is -1.10. The van der Waals surface area contributed by atoms with Gasteiger partial charge in [0, 0.05) is 6.04 Å². The fraction of sp³-hybridized carbons (Fsp3) is 0.600. The molecule has 1 fully saturated rings. The quantitative estimate of drug-likeness (QED) is 0.776. The fourth-order valence-corrected chi connectivity index (χ4v) is 2.71. The lowest BCUT2D eigenvalue weighted by atomic mass is 9.79. The predicted octanol–water partition coefficient (Wildman–Crippen LogP) is 4.69. The third kappa shape index (κ3) is 3.51. The summed E-state index contributed by atoms with van der Waals surface area (Å²) in [7, 11) is 0. The van der Waals surface area contributed by atoms with Crippen LogP contribution in [0.5, 0.6) is 0 Å². The first-order valence-corrected chi connectivity index (χ1v) is 7.01. The summed E-state index contributed by atoms with van der Waals surface area (Å²) in [6.07, 6.45) is -0.563. The summed E-state index contributed by atoms with van der Waals surface area (Å²) >= 11 is 0. The van der Waals surface area contributed by atoms with E-state index in [2.05, 4.69) is 5.32 Å². The molecule has 0 aromatic heterocycles. The van der Waals surface area contributed by atoms with E-state index in [1.807, 2.05) is 6.92 Å². The molecule has 1 aliphatic rings. The third-order valence-corrected chi connectivity index (χ3v) is 3.94. The van der Waals surface area contributed by atoms with Crippen molar-refractivity contribution in [3.8, 4) is 0 Å². The second-order valence-corrected chi connectivity index (χ2v) is 5.37. The van der Waals surface area contributed by atoms with Gasteiger partial charge in [-0.15, -0.1) is 0 Å². The lowest BCUT2D eigenvalue weighted by Crippen LogP contribution is -2.28. The van der Waals surface area contributed by atoms with Crippen molar-refractivity contribution in [1.29, 1.82) is 0 Å². The molecule has 5 heteroatoms. The van der Waals surface area contributed by atoms with Crippen LogP contribution < -0.4 is 5.32 Å². The van der Waals surface area contributed by atoms with Gasteiger partial charge in [0.05, 0.1) is 5.56 Å². The van der Waals surface area contributed by atoms with Gasteiger partial charge in [-0.3, -0.25) is 0 Å². The monoisotopic (exact) mass is 289 g/mol. The highest BCUT2D eigenvalue weighted by atomic mass is 19.4. The first kappa shape index (κ1) is 15.3. The number of hydrogen-bond acceptors (Lipinski definition) is 1. The van der Waals surface area contributed by atoms with Crippen molar-refractivity contribution < 1.29 is 17.6 Å². The molecule has 0 saturated heterocycles. The Morgan fingerprint density at radius 1 is 1.30 bits per heavy atom. The van der Waals surface area contributed by atoms with E-state index in [4.69, 9.17) is 0 Å². The Morgan fingerprint density at radius 3 is 2.50 bits per heavy atom. The summed E-state index contributed by atoms with van der Waals surface area (Å²) in [5.41, 5.74) is -0.699. The van der Waals surface area contributed by atoms with Crippen LogP contribution in [0.3, 0.4) is 0 Å². The van der Waals surface area contributed by atoms with Crippen LogP contribution in [0.2, 0.25) is 0 Å². The van der Waals surface area contributed by atoms with Crippen LogP contribution in [0.25, 0.3) is 0 Å². The third-order valence-electron chi connectivity index (χ3n) is 3.94. The molecule has 1 atom stereocenters. The van der Waals surface area contributed by atoms with Crippen LogP contribution in [0.1, 0.15) is 49.8 Å². The number of benzene rings is 1. The Bertz CT molecular complexity index is 452. The molecule has 20 heavy (non-hydrogen) atoms. The fourth-order valence-electron chi connectivity index (χ4n) is 2.71. The summed E-state index contributed by atoms with van der Waals surface area (Å²) < 4.78 is 52.6. The van der Waals surface area contributed by atoms with Gasteiger partial charge in [-0.05, 0) is 42.6 Å². The number of alkyl halides is 3. The SMILES string of the molecule is CCNC(CC1CCC1)c1cc(F)ccc1C(F)(F)F. The molecule has 1 saturated carbocycles. The maximum Gasteiger partial charge on any atom is 0.416 e. The highest BCUT2D eigenvalue weighted by Gasteiger charge is 2.36. The van der Waals surface area contributed by atoms with E-state index in [-0.39, 0.29) is 5.56 Å². The topological polar surface area (TPSA) is 12.0 Å². The van der Waals surface area contributed by atoms with Gasteiger partial charge in [0.25, 0.3) is 0 Å². The molecule has 0 aliphatic heterocycles. The van der Waals surface area contributed by atoms with Crippen LogP contribution in [-0.4, -0.2) is 6.54 Å². The van der Waals surface area contributed by atoms with Gasteiger partial charge in [0.1, 0.15) is 5.82 Å². The Labute approximate surface area is 116 Å². The van der Waals surface area contributed by atoms with E-state index in [0.717, 1.165) is 37.5 Å². The summed E-state index contributed by atoms with van der Waals surface area (Å²) in [6.45, 7) is 2.41. The normalized spacial score (nSPS) is 17.9. The number of nitrogens with one attached hydrogen (secondary N) is 1. The smallest absolute Gasteiger partial charge is 0.310 e. The Kier molecular flexibility index (Phi) is 4.68. The van der Waals surface area contributed by atoms with Gasteiger partial charge in [-0.25, -0.2) is 4.39 Å². The van der Waals surface area contributed by atoms with E-state index in [9.17, 15) is 17.6 Å². The molecule has 1 aliphatic carbocycles. The molecule has 2 rings (SSSR count). The maximum atomic E-state index is 13.4. The molecule has 0 spiro atoms. The Balaban J connectivity index is 2.31. The largest absolute Gasteiger partial charge is 0.416 e. The molecular weight excluding hydrogens is 270 g/mol. The molecule has 0 heterocycles. The zero-order valence-corrected chi connectivity index (χ0v) is 11.4. The molecule has 1 N–H and O–H groups in total. The molecule has 1 aromatic rings. The number of halogens is 4. The van der Waals surface area contributed by atoms with Crippen molar-refractivity contribution >= 4 is 0 Å². The predicted molar refractivity (Wildman–Crippen MR) is 69.8 cm³/mol. The van der Waals surface area contributed by atoms with Gasteiger partial charge in [-0.1, -0.05) is 26.2 Å². The highest BCUT2D eigenvalue weighted by molar-refractivity contribution is 5.33. The molecular formula is C15H19F4N. The zero-order valence-electron chi connectivity index (χ0n) is 11.4. The minimum atomic E-state index is -4.45. The van der Waals surface area contributed by atoms with Gasteiger partial charge in [0.2, 0.25) is 0 Å². The van der Waals surface area contributed by atoms with Crippen molar-refractivity contribution in [3.05, 3.63) is 35.1 Å². The maximum absolute atomic E-state index is 13.4. The van der Waals surface area contributed by atoms with E-state index >= 15 is 0 Å². The molecule has 0 bridgehead atoms. The minimum Gasteiger partial charge on any atom is -0.310 e. The summed E-state index contributed by atoms with van der Waals surface area (Å²) in [5.74, 6) is -0.173. The Morgan fingerprint density at radius 2 is 2.00 bits per heavy atom. The van der Waals surface area contributed by atoms with Crippen LogP contribution in [0.15, 0.2) is 18.2 Å². The average Bonchev–Trinajstić information content (AvgIpc) is 2.30. The van der Waals surface area contributed by atoms with Crippen LogP contribution in [0.4, 0.5) is 17.6 Å². The standard InChI is InChI=1S/C15H19F4N/c1-2-20-14(8-10-4-3-5-10)12-9-11(16)6-7-13(12)15(17,18)19/h6-7,9-10,14,20H,2-5,8H2,1H3. The summed E-state index contributed by atoms with van der Waals surface area (Å²) in [4.78, 5) is 0. The van der Waals surface area contributed by atoms with Gasteiger partial charge >= 0.3 is 6.18 Å². The van der Waals surface area contributed by atoms with Crippen molar-refractivity contribution in [1.82, 2.24) is 5.32 Å². The van der Waals surface area contributed by atoms with Gasteiger partial charge in [0.15, 0.2) is 0 Å². The van der Waals surface area contributed by atoms with Gasteiger partial charge < -0.3 is 5.32 Å². The van der Waals surface area contributed by atoms with E-state index in [0.29, 0.717) is 18.9 Å². The number of hydrogen-bond donors (Lipinski definition) is 1. The van der Waals surface area contributed by atoms with Crippen LogP contribution in [0, 0.1) is 11.7 Å². The second-order valence-electron chi connectivity index (χ2n) is 5.37. The first-order chi connectivity index (χ1) is 9.41. The van der Waals surface area contributed by atoms with Crippen molar-refractivity contribution in [2.45, 2.75) is 44.8 Å². The zero-order chi connectivity index (χ0) is 14.8.